The first kappa shape index (κ1) is 13.5. The fourth-order valence-electron chi connectivity index (χ4n) is 2.51. The third-order valence-electron chi connectivity index (χ3n) is 3.87. The summed E-state index contributed by atoms with van der Waals surface area (Å²) in [5.74, 6) is 1.93. The number of aromatic nitrogens is 1. The van der Waals surface area contributed by atoms with Crippen molar-refractivity contribution in [2.45, 2.75) is 32.7 Å². The number of hydrogen-bond donors (Lipinski definition) is 1. The number of hydrogen-bond acceptors (Lipinski definition) is 2. The summed E-state index contributed by atoms with van der Waals surface area (Å²) in [5.41, 5.74) is 1.29. The lowest BCUT2D eigenvalue weighted by Crippen LogP contribution is -2.21. The minimum atomic E-state index is 0.789. The lowest BCUT2D eigenvalue weighted by molar-refractivity contribution is 0.318. The molecule has 1 N–H and O–H groups in total. The zero-order valence-corrected chi connectivity index (χ0v) is 12.3. The number of ether oxygens (including phenoxy) is 1. The molecule has 3 heteroatoms. The maximum Gasteiger partial charge on any atom is 0.120 e. The Labute approximate surface area is 120 Å². The van der Waals surface area contributed by atoms with Gasteiger partial charge in [-0.15, -0.1) is 0 Å². The van der Waals surface area contributed by atoms with Gasteiger partial charge in [0.15, 0.2) is 0 Å². The van der Waals surface area contributed by atoms with E-state index in [9.17, 15) is 0 Å². The third kappa shape index (κ3) is 3.34. The van der Waals surface area contributed by atoms with Gasteiger partial charge in [0.25, 0.3) is 0 Å². The molecule has 108 valence electrons. The van der Waals surface area contributed by atoms with Crippen LogP contribution in [0.5, 0.6) is 5.75 Å². The summed E-state index contributed by atoms with van der Waals surface area (Å²) < 4.78 is 8.00. The second kappa shape index (κ2) is 6.31. The summed E-state index contributed by atoms with van der Waals surface area (Å²) in [6, 6.07) is 8.56. The van der Waals surface area contributed by atoms with E-state index in [-0.39, 0.29) is 0 Å². The fourth-order valence-corrected chi connectivity index (χ4v) is 2.51. The van der Waals surface area contributed by atoms with E-state index in [2.05, 4.69) is 47.3 Å². The second-order valence-electron chi connectivity index (χ2n) is 5.73. The number of nitrogens with one attached hydrogen (secondary N) is 1. The molecule has 1 aromatic carbocycles. The molecule has 1 aromatic heterocycles. The highest BCUT2D eigenvalue weighted by Crippen LogP contribution is 2.27. The quantitative estimate of drug-likeness (QED) is 0.745. The smallest absolute Gasteiger partial charge is 0.120 e. The first-order chi connectivity index (χ1) is 9.86. The molecule has 0 bridgehead atoms. The monoisotopic (exact) mass is 272 g/mol. The summed E-state index contributed by atoms with van der Waals surface area (Å²) in [6.45, 7) is 6.19. The topological polar surface area (TPSA) is 26.2 Å². The molecule has 1 aliphatic rings. The SMILES string of the molecule is CCCOc1ccc2c(ccn2CCNCC2CC2)c1. The predicted molar refractivity (Wildman–Crippen MR) is 83.3 cm³/mol. The minimum absolute atomic E-state index is 0.789. The lowest BCUT2D eigenvalue weighted by Gasteiger charge is -2.08. The standard InChI is InChI=1S/C17H24N2O/c1-2-11-20-16-5-6-17-15(12-16)7-9-19(17)10-8-18-13-14-3-4-14/h5-7,9,12,14,18H,2-4,8,10-11,13H2,1H3. The van der Waals surface area contributed by atoms with Gasteiger partial charge in [-0.3, -0.25) is 0 Å². The highest BCUT2D eigenvalue weighted by atomic mass is 16.5. The highest BCUT2D eigenvalue weighted by Gasteiger charge is 2.19. The van der Waals surface area contributed by atoms with Crippen molar-refractivity contribution >= 4 is 10.9 Å². The van der Waals surface area contributed by atoms with Gasteiger partial charge in [0.1, 0.15) is 5.75 Å². The molecule has 3 nitrogen and oxygen atoms in total. The van der Waals surface area contributed by atoms with E-state index in [1.807, 2.05) is 0 Å². The van der Waals surface area contributed by atoms with Crippen LogP contribution in [0.1, 0.15) is 26.2 Å². The Hall–Kier alpha value is -1.48. The van der Waals surface area contributed by atoms with Crippen LogP contribution in [-0.4, -0.2) is 24.3 Å². The Morgan fingerprint density at radius 2 is 2.20 bits per heavy atom. The third-order valence-corrected chi connectivity index (χ3v) is 3.87. The van der Waals surface area contributed by atoms with E-state index in [0.717, 1.165) is 37.8 Å². The van der Waals surface area contributed by atoms with Gasteiger partial charge in [-0.1, -0.05) is 6.92 Å². The van der Waals surface area contributed by atoms with Gasteiger partial charge in [-0.2, -0.15) is 0 Å². The van der Waals surface area contributed by atoms with Gasteiger partial charge in [0, 0.05) is 30.2 Å². The zero-order valence-electron chi connectivity index (χ0n) is 12.3. The Morgan fingerprint density at radius 3 is 3.00 bits per heavy atom. The van der Waals surface area contributed by atoms with Gasteiger partial charge in [-0.25, -0.2) is 0 Å². The van der Waals surface area contributed by atoms with Crippen molar-refractivity contribution in [3.8, 4) is 5.75 Å². The summed E-state index contributed by atoms with van der Waals surface area (Å²) in [6.07, 6.45) is 6.05. The first-order valence-electron chi connectivity index (χ1n) is 7.79. The molecule has 1 fully saturated rings. The maximum absolute atomic E-state index is 5.68. The molecule has 0 spiro atoms. The van der Waals surface area contributed by atoms with Gasteiger partial charge < -0.3 is 14.6 Å². The normalized spacial score (nSPS) is 14.8. The fraction of sp³-hybridized carbons (Fsp3) is 0.529. The summed E-state index contributed by atoms with van der Waals surface area (Å²) in [5, 5.41) is 4.81. The molecule has 2 aromatic rings. The van der Waals surface area contributed by atoms with Gasteiger partial charge in [0.2, 0.25) is 0 Å². The van der Waals surface area contributed by atoms with Crippen molar-refractivity contribution < 1.29 is 4.74 Å². The van der Waals surface area contributed by atoms with Crippen LogP contribution in [0.25, 0.3) is 10.9 Å². The van der Waals surface area contributed by atoms with E-state index in [0.29, 0.717) is 0 Å². The van der Waals surface area contributed by atoms with Crippen LogP contribution in [0.4, 0.5) is 0 Å². The Bertz CT molecular complexity index is 557. The molecule has 0 radical (unpaired) electrons. The van der Waals surface area contributed by atoms with Crippen LogP contribution in [0.15, 0.2) is 30.5 Å². The number of rotatable bonds is 8. The average molecular weight is 272 g/mol. The van der Waals surface area contributed by atoms with Crippen LogP contribution in [0, 0.1) is 5.92 Å². The highest BCUT2D eigenvalue weighted by molar-refractivity contribution is 5.81. The predicted octanol–water partition coefficient (Wildman–Crippen LogP) is 3.43. The minimum Gasteiger partial charge on any atom is -0.494 e. The lowest BCUT2D eigenvalue weighted by atomic mass is 10.2. The van der Waals surface area contributed by atoms with Crippen molar-refractivity contribution in [3.05, 3.63) is 30.5 Å². The zero-order chi connectivity index (χ0) is 13.8. The number of fused-ring (bicyclic) bond motifs is 1. The van der Waals surface area contributed by atoms with Gasteiger partial charge in [0.05, 0.1) is 6.61 Å². The van der Waals surface area contributed by atoms with E-state index in [4.69, 9.17) is 4.74 Å². The van der Waals surface area contributed by atoms with Gasteiger partial charge in [-0.05, 0) is 56.0 Å². The Kier molecular flexibility index (Phi) is 4.26. The average Bonchev–Trinajstić information content (AvgIpc) is 3.21. The van der Waals surface area contributed by atoms with Crippen molar-refractivity contribution in [3.63, 3.8) is 0 Å². The van der Waals surface area contributed by atoms with Crippen molar-refractivity contribution in [1.29, 1.82) is 0 Å². The van der Waals surface area contributed by atoms with E-state index >= 15 is 0 Å². The molecule has 0 saturated heterocycles. The van der Waals surface area contributed by atoms with E-state index in [1.54, 1.807) is 0 Å². The molecule has 1 saturated carbocycles. The Morgan fingerprint density at radius 1 is 1.30 bits per heavy atom. The maximum atomic E-state index is 5.68. The van der Waals surface area contributed by atoms with E-state index in [1.165, 1.54) is 30.3 Å². The molecule has 0 unspecified atom stereocenters. The molecule has 0 aliphatic heterocycles. The molecule has 1 aliphatic carbocycles. The summed E-state index contributed by atoms with van der Waals surface area (Å²) >= 11 is 0. The molecule has 0 atom stereocenters. The van der Waals surface area contributed by atoms with Crippen molar-refractivity contribution in [2.75, 3.05) is 19.7 Å². The molecule has 3 rings (SSSR count). The Balaban J connectivity index is 1.59. The van der Waals surface area contributed by atoms with Crippen molar-refractivity contribution in [1.82, 2.24) is 9.88 Å². The van der Waals surface area contributed by atoms with Crippen LogP contribution in [-0.2, 0) is 6.54 Å². The molecule has 1 heterocycles. The molecular weight excluding hydrogens is 248 g/mol. The summed E-state index contributed by atoms with van der Waals surface area (Å²) in [7, 11) is 0. The van der Waals surface area contributed by atoms with Crippen LogP contribution >= 0.6 is 0 Å². The molecule has 20 heavy (non-hydrogen) atoms. The van der Waals surface area contributed by atoms with Crippen LogP contribution in [0.3, 0.4) is 0 Å². The first-order valence-corrected chi connectivity index (χ1v) is 7.79. The van der Waals surface area contributed by atoms with Crippen molar-refractivity contribution in [2.24, 2.45) is 5.92 Å². The number of benzene rings is 1. The van der Waals surface area contributed by atoms with Gasteiger partial charge >= 0.3 is 0 Å². The largest absolute Gasteiger partial charge is 0.494 e. The van der Waals surface area contributed by atoms with E-state index < -0.39 is 0 Å². The number of nitrogens with zero attached hydrogens (tertiary/aromatic N) is 1. The second-order valence-corrected chi connectivity index (χ2v) is 5.73. The molecule has 0 amide bonds. The molecular formula is C17H24N2O. The van der Waals surface area contributed by atoms with Crippen LogP contribution in [0.2, 0.25) is 0 Å². The summed E-state index contributed by atoms with van der Waals surface area (Å²) in [4.78, 5) is 0. The van der Waals surface area contributed by atoms with Crippen LogP contribution < -0.4 is 10.1 Å².